The van der Waals surface area contributed by atoms with Crippen molar-refractivity contribution in [3.8, 4) is 0 Å². The monoisotopic (exact) mass is 436 g/mol. The zero-order chi connectivity index (χ0) is 22.9. The Morgan fingerprint density at radius 1 is 0.812 bits per heavy atom. The molecule has 5 heteroatoms. The van der Waals surface area contributed by atoms with Crippen LogP contribution in [0.4, 0.5) is 4.39 Å². The van der Waals surface area contributed by atoms with Gasteiger partial charge < -0.3 is 4.90 Å². The van der Waals surface area contributed by atoms with Gasteiger partial charge in [-0.2, -0.15) is 0 Å². The highest BCUT2D eigenvalue weighted by Gasteiger charge is 2.40. The molecule has 0 fully saturated rings. The first-order chi connectivity index (χ1) is 15.6. The summed E-state index contributed by atoms with van der Waals surface area (Å²) in [6.45, 7) is 5.69. The van der Waals surface area contributed by atoms with Crippen LogP contribution in [0.25, 0.3) is 5.57 Å². The zero-order valence-corrected chi connectivity index (χ0v) is 19.1. The molecule has 0 saturated carbocycles. The highest BCUT2D eigenvalue weighted by atomic mass is 19.1. The van der Waals surface area contributed by atoms with Crippen LogP contribution in [0, 0.1) is 5.82 Å². The third kappa shape index (κ3) is 5.64. The Bertz CT molecular complexity index is 938. The number of rotatable bonds is 12. The number of carbonyl (C=O) groups excluding carboxylic acids is 2. The zero-order valence-electron chi connectivity index (χ0n) is 19.1. The molecule has 0 aliphatic carbocycles. The fraction of sp³-hybridized carbons (Fsp3) is 0.407. The van der Waals surface area contributed by atoms with Crippen LogP contribution >= 0.6 is 0 Å². The van der Waals surface area contributed by atoms with Crippen molar-refractivity contribution in [2.24, 2.45) is 0 Å². The van der Waals surface area contributed by atoms with E-state index in [2.05, 4.69) is 6.92 Å². The Hall–Kier alpha value is -2.95. The van der Waals surface area contributed by atoms with Crippen LogP contribution in [0.1, 0.15) is 63.5 Å². The molecule has 32 heavy (non-hydrogen) atoms. The maximum atomic E-state index is 13.5. The van der Waals surface area contributed by atoms with Crippen LogP contribution in [-0.4, -0.2) is 34.7 Å². The molecule has 0 N–H and O–H groups in total. The summed E-state index contributed by atoms with van der Waals surface area (Å²) in [5.74, 6) is -0.898. The van der Waals surface area contributed by atoms with Gasteiger partial charge in [0.15, 0.2) is 0 Å². The highest BCUT2D eigenvalue weighted by molar-refractivity contribution is 6.35. The Labute approximate surface area is 190 Å². The van der Waals surface area contributed by atoms with Gasteiger partial charge >= 0.3 is 0 Å². The summed E-state index contributed by atoms with van der Waals surface area (Å²) in [6.07, 6.45) is 6.50. The minimum absolute atomic E-state index is 0.249. The Morgan fingerprint density at radius 2 is 1.47 bits per heavy atom. The van der Waals surface area contributed by atoms with E-state index < -0.39 is 0 Å². The highest BCUT2D eigenvalue weighted by Crippen LogP contribution is 2.33. The predicted molar refractivity (Wildman–Crippen MR) is 126 cm³/mol. The summed E-state index contributed by atoms with van der Waals surface area (Å²) in [5.41, 5.74) is 2.43. The van der Waals surface area contributed by atoms with E-state index in [9.17, 15) is 14.0 Å². The van der Waals surface area contributed by atoms with Crippen LogP contribution in [0.5, 0.6) is 0 Å². The van der Waals surface area contributed by atoms with Gasteiger partial charge in [-0.05, 0) is 36.6 Å². The van der Waals surface area contributed by atoms with Crippen molar-refractivity contribution in [3.05, 3.63) is 77.2 Å². The fourth-order valence-corrected chi connectivity index (χ4v) is 4.14. The van der Waals surface area contributed by atoms with Crippen molar-refractivity contribution in [2.45, 2.75) is 58.9 Å². The van der Waals surface area contributed by atoms with Gasteiger partial charge in [0.1, 0.15) is 11.5 Å². The van der Waals surface area contributed by atoms with Gasteiger partial charge in [0.05, 0.1) is 5.57 Å². The lowest BCUT2D eigenvalue weighted by molar-refractivity contribution is -0.137. The van der Waals surface area contributed by atoms with E-state index in [1.54, 1.807) is 12.1 Å². The lowest BCUT2D eigenvalue weighted by Crippen LogP contribution is -2.35. The molecule has 1 heterocycles. The predicted octanol–water partition coefficient (Wildman–Crippen LogP) is 5.79. The van der Waals surface area contributed by atoms with Crippen molar-refractivity contribution in [2.75, 3.05) is 13.1 Å². The van der Waals surface area contributed by atoms with Gasteiger partial charge in [-0.1, -0.05) is 81.5 Å². The summed E-state index contributed by atoms with van der Waals surface area (Å²) < 4.78 is 13.5. The van der Waals surface area contributed by atoms with Gasteiger partial charge in [0.2, 0.25) is 0 Å². The molecular formula is C27H33FN2O2. The van der Waals surface area contributed by atoms with E-state index in [0.717, 1.165) is 24.8 Å². The second-order valence-corrected chi connectivity index (χ2v) is 8.26. The van der Waals surface area contributed by atoms with Gasteiger partial charge in [-0.15, -0.1) is 0 Å². The maximum Gasteiger partial charge on any atom is 0.277 e. The summed E-state index contributed by atoms with van der Waals surface area (Å²) in [4.78, 5) is 30.2. The summed E-state index contributed by atoms with van der Waals surface area (Å²) in [7, 11) is 0. The number of nitrogens with zero attached hydrogens (tertiary/aromatic N) is 2. The normalized spacial score (nSPS) is 13.9. The number of halogens is 1. The minimum Gasteiger partial charge on any atom is -0.362 e. The van der Waals surface area contributed by atoms with Gasteiger partial charge in [-0.25, -0.2) is 4.39 Å². The molecule has 0 atom stereocenters. The molecule has 1 aliphatic rings. The van der Waals surface area contributed by atoms with Crippen LogP contribution in [0.3, 0.4) is 0 Å². The fourth-order valence-electron chi connectivity index (χ4n) is 4.14. The van der Waals surface area contributed by atoms with Crippen molar-refractivity contribution in [3.63, 3.8) is 0 Å². The lowest BCUT2D eigenvalue weighted by Gasteiger charge is -2.25. The molecule has 3 rings (SSSR count). The molecule has 0 spiro atoms. The second kappa shape index (κ2) is 11.6. The van der Waals surface area contributed by atoms with Crippen LogP contribution < -0.4 is 0 Å². The number of unbranched alkanes of at least 4 members (excludes halogenated alkanes) is 5. The Balaban J connectivity index is 1.86. The number of benzene rings is 2. The molecule has 2 aromatic rings. The van der Waals surface area contributed by atoms with E-state index >= 15 is 0 Å². The first-order valence-corrected chi connectivity index (χ1v) is 11.7. The summed E-state index contributed by atoms with van der Waals surface area (Å²) in [5, 5.41) is 0. The smallest absolute Gasteiger partial charge is 0.277 e. The Kier molecular flexibility index (Phi) is 8.60. The molecule has 0 aromatic heterocycles. The molecule has 0 bridgehead atoms. The first-order valence-electron chi connectivity index (χ1n) is 11.7. The number of amides is 2. The van der Waals surface area contributed by atoms with Gasteiger partial charge in [0, 0.05) is 19.6 Å². The largest absolute Gasteiger partial charge is 0.362 e. The van der Waals surface area contributed by atoms with E-state index in [1.165, 1.54) is 36.3 Å². The molecular weight excluding hydrogens is 403 g/mol. The van der Waals surface area contributed by atoms with E-state index in [4.69, 9.17) is 0 Å². The maximum absolute atomic E-state index is 13.5. The van der Waals surface area contributed by atoms with Crippen molar-refractivity contribution >= 4 is 17.4 Å². The topological polar surface area (TPSA) is 40.6 Å². The summed E-state index contributed by atoms with van der Waals surface area (Å²) in [6, 6.07) is 15.7. The molecule has 0 unspecified atom stereocenters. The van der Waals surface area contributed by atoms with Crippen LogP contribution in [0.15, 0.2) is 60.3 Å². The third-order valence-electron chi connectivity index (χ3n) is 5.93. The minimum atomic E-state index is -0.367. The molecule has 0 radical (unpaired) electrons. The number of hydrogen-bond acceptors (Lipinski definition) is 3. The average molecular weight is 437 g/mol. The Morgan fingerprint density at radius 3 is 2.12 bits per heavy atom. The number of likely N-dealkylation sites (N-methyl/N-ethyl adjacent to an activating group) is 1. The van der Waals surface area contributed by atoms with Gasteiger partial charge in [-0.3, -0.25) is 14.5 Å². The van der Waals surface area contributed by atoms with Crippen molar-refractivity contribution in [1.82, 2.24) is 9.80 Å². The average Bonchev–Trinajstić information content (AvgIpc) is 3.05. The number of hydrogen-bond donors (Lipinski definition) is 0. The second-order valence-electron chi connectivity index (χ2n) is 8.26. The van der Waals surface area contributed by atoms with E-state index in [0.29, 0.717) is 36.5 Å². The van der Waals surface area contributed by atoms with E-state index in [1.807, 2.05) is 42.2 Å². The van der Waals surface area contributed by atoms with Crippen LogP contribution in [-0.2, 0) is 16.1 Å². The first kappa shape index (κ1) is 23.7. The SMILES string of the molecule is CCCCCCCCN1C(=O)C(c2ccc(F)cc2)=C(N(CC)Cc2ccccc2)C1=O. The van der Waals surface area contributed by atoms with Crippen molar-refractivity contribution < 1.29 is 14.0 Å². The molecule has 4 nitrogen and oxygen atoms in total. The standard InChI is InChI=1S/C27H33FN2O2/c1-3-5-6-7-8-12-19-30-26(31)24(22-15-17-23(28)18-16-22)25(27(30)32)29(4-2)20-21-13-10-9-11-14-21/h9-11,13-18H,3-8,12,19-20H2,1-2H3. The quantitative estimate of drug-likeness (QED) is 0.312. The molecule has 170 valence electrons. The number of imide groups is 1. The van der Waals surface area contributed by atoms with Crippen molar-refractivity contribution in [1.29, 1.82) is 0 Å². The lowest BCUT2D eigenvalue weighted by atomic mass is 10.0. The third-order valence-corrected chi connectivity index (χ3v) is 5.93. The van der Waals surface area contributed by atoms with E-state index in [-0.39, 0.29) is 17.6 Å². The molecule has 1 aliphatic heterocycles. The molecule has 2 aromatic carbocycles. The summed E-state index contributed by atoms with van der Waals surface area (Å²) >= 11 is 0. The van der Waals surface area contributed by atoms with Crippen LogP contribution in [0.2, 0.25) is 0 Å². The molecule has 2 amide bonds. The van der Waals surface area contributed by atoms with Gasteiger partial charge in [0.25, 0.3) is 11.8 Å². The molecule has 0 saturated heterocycles. The number of carbonyl (C=O) groups is 2.